The van der Waals surface area contributed by atoms with Gasteiger partial charge in [0.15, 0.2) is 5.76 Å². The molecule has 1 N–H and O–H groups in total. The van der Waals surface area contributed by atoms with Crippen molar-refractivity contribution in [1.82, 2.24) is 9.97 Å². The van der Waals surface area contributed by atoms with Crippen LogP contribution in [0.3, 0.4) is 0 Å². The van der Waals surface area contributed by atoms with E-state index in [2.05, 4.69) is 16.0 Å². The van der Waals surface area contributed by atoms with E-state index in [4.69, 9.17) is 14.4 Å². The number of ether oxygens (including phenoxy) is 1. The largest absolute Gasteiger partial charge is 0.479 e. The minimum atomic E-state index is -0.641. The zero-order valence-electron chi connectivity index (χ0n) is 12.8. The Balaban J connectivity index is 1.73. The zero-order valence-corrected chi connectivity index (χ0v) is 12.8. The van der Waals surface area contributed by atoms with Crippen LogP contribution in [0.1, 0.15) is 33.3 Å². The maximum Gasteiger partial charge on any atom is 0.343 e. The highest BCUT2D eigenvalue weighted by molar-refractivity contribution is 5.99. The molecule has 7 nitrogen and oxygen atoms in total. The van der Waals surface area contributed by atoms with Gasteiger partial charge in [0.25, 0.3) is 0 Å². The Labute approximate surface area is 142 Å². The van der Waals surface area contributed by atoms with E-state index in [1.807, 2.05) is 0 Å². The fourth-order valence-corrected chi connectivity index (χ4v) is 2.80. The second-order valence-corrected chi connectivity index (χ2v) is 5.52. The first-order valence-electron chi connectivity index (χ1n) is 7.50. The van der Waals surface area contributed by atoms with Crippen LogP contribution in [0.2, 0.25) is 0 Å². The van der Waals surface area contributed by atoms with Crippen LogP contribution in [-0.4, -0.2) is 21.0 Å². The van der Waals surface area contributed by atoms with E-state index in [-0.39, 0.29) is 11.3 Å². The molecule has 1 aliphatic rings. The molecule has 1 aromatic carbocycles. The number of hydrogen-bond donors (Lipinski definition) is 1. The van der Waals surface area contributed by atoms with E-state index in [0.29, 0.717) is 23.4 Å². The van der Waals surface area contributed by atoms with Gasteiger partial charge in [-0.05, 0) is 29.8 Å². The highest BCUT2D eigenvalue weighted by Crippen LogP contribution is 2.37. The number of nitrogens with zero attached hydrogens (tertiary/aromatic N) is 3. The summed E-state index contributed by atoms with van der Waals surface area (Å²) in [6.45, 7) is 0. The summed E-state index contributed by atoms with van der Waals surface area (Å²) in [5.41, 5.74) is 2.16. The van der Waals surface area contributed by atoms with Crippen LogP contribution in [0.4, 0.5) is 0 Å². The number of cyclic esters (lactones) is 1. The molecule has 0 saturated heterocycles. The molecule has 0 bridgehead atoms. The van der Waals surface area contributed by atoms with Gasteiger partial charge in [0.1, 0.15) is 23.1 Å². The summed E-state index contributed by atoms with van der Waals surface area (Å²) in [6, 6.07) is 11.9. The molecule has 0 spiro atoms. The smallest absolute Gasteiger partial charge is 0.343 e. The number of aromatic nitrogens is 2. The number of furan rings is 1. The third-order valence-electron chi connectivity index (χ3n) is 3.94. The average Bonchev–Trinajstić information content (AvgIpc) is 3.24. The Morgan fingerprint density at radius 2 is 2.00 bits per heavy atom. The first-order chi connectivity index (χ1) is 12.2. The third kappa shape index (κ3) is 2.60. The van der Waals surface area contributed by atoms with Gasteiger partial charge in [-0.25, -0.2) is 4.79 Å². The second kappa shape index (κ2) is 5.76. The number of fused-ring (bicyclic) bond motifs is 1. The molecule has 0 amide bonds. The van der Waals surface area contributed by atoms with Crippen molar-refractivity contribution in [3.05, 3.63) is 65.0 Å². The molecule has 1 atom stereocenters. The van der Waals surface area contributed by atoms with E-state index < -0.39 is 18.1 Å². The van der Waals surface area contributed by atoms with E-state index in [9.17, 15) is 9.90 Å². The molecule has 0 fully saturated rings. The molecule has 25 heavy (non-hydrogen) atoms. The lowest BCUT2D eigenvalue weighted by Gasteiger charge is -2.10. The van der Waals surface area contributed by atoms with Crippen LogP contribution in [0.25, 0.3) is 11.5 Å². The quantitative estimate of drug-likeness (QED) is 0.734. The van der Waals surface area contributed by atoms with Crippen LogP contribution in [0, 0.1) is 11.3 Å². The first kappa shape index (κ1) is 14.9. The van der Waals surface area contributed by atoms with Gasteiger partial charge in [-0.2, -0.15) is 15.2 Å². The summed E-state index contributed by atoms with van der Waals surface area (Å²) < 4.78 is 10.7. The van der Waals surface area contributed by atoms with Gasteiger partial charge in [0.2, 0.25) is 0 Å². The summed E-state index contributed by atoms with van der Waals surface area (Å²) in [5, 5.41) is 18.7. The van der Waals surface area contributed by atoms with Gasteiger partial charge in [-0.3, -0.25) is 0 Å². The maximum absolute atomic E-state index is 12.3. The number of rotatable bonds is 3. The molecule has 0 radical (unpaired) electrons. The number of nitriles is 1. The molecule has 3 heterocycles. The van der Waals surface area contributed by atoms with E-state index >= 15 is 0 Å². The van der Waals surface area contributed by atoms with Gasteiger partial charge in [-0.15, -0.1) is 0 Å². The van der Waals surface area contributed by atoms with Crippen molar-refractivity contribution < 1.29 is 19.1 Å². The Kier molecular flexibility index (Phi) is 3.43. The molecule has 0 saturated carbocycles. The van der Waals surface area contributed by atoms with Crippen molar-refractivity contribution in [3.8, 4) is 23.5 Å². The van der Waals surface area contributed by atoms with Gasteiger partial charge in [-0.1, -0.05) is 12.1 Å². The standard InChI is InChI=1S/C18H11N3O4/c19-9-11-5-3-10(4-6-11)8-13-16-14(17(22)25-13)15(20-18(23)21-16)12-2-1-7-24-12/h1-7,13H,8H2,(H,20,21,23). The van der Waals surface area contributed by atoms with E-state index in [1.165, 1.54) is 6.26 Å². The molecule has 1 aliphatic heterocycles. The summed E-state index contributed by atoms with van der Waals surface area (Å²) >= 11 is 0. The van der Waals surface area contributed by atoms with Crippen LogP contribution in [-0.2, 0) is 11.2 Å². The van der Waals surface area contributed by atoms with Crippen molar-refractivity contribution in [2.24, 2.45) is 0 Å². The van der Waals surface area contributed by atoms with Crippen LogP contribution in [0.15, 0.2) is 47.1 Å². The molecule has 7 heteroatoms. The zero-order chi connectivity index (χ0) is 17.4. The monoisotopic (exact) mass is 333 g/mol. The highest BCUT2D eigenvalue weighted by Gasteiger charge is 2.37. The lowest BCUT2D eigenvalue weighted by Crippen LogP contribution is -2.04. The minimum Gasteiger partial charge on any atom is -0.479 e. The molecular formula is C18H11N3O4. The minimum absolute atomic E-state index is 0.200. The fraction of sp³-hybridized carbons (Fsp3) is 0.111. The second-order valence-electron chi connectivity index (χ2n) is 5.52. The number of carbonyl (C=O) groups is 1. The number of aromatic hydroxyl groups is 1. The number of esters is 1. The fourth-order valence-electron chi connectivity index (χ4n) is 2.80. The Hall–Kier alpha value is -3.66. The van der Waals surface area contributed by atoms with Crippen molar-refractivity contribution in [2.45, 2.75) is 12.5 Å². The van der Waals surface area contributed by atoms with E-state index in [0.717, 1.165) is 5.56 Å². The summed E-state index contributed by atoms with van der Waals surface area (Å²) in [5.74, 6) is -0.204. The predicted molar refractivity (Wildman–Crippen MR) is 84.4 cm³/mol. The Morgan fingerprint density at radius 3 is 2.68 bits per heavy atom. The summed E-state index contributed by atoms with van der Waals surface area (Å²) in [4.78, 5) is 20.2. The topological polar surface area (TPSA) is 109 Å². The van der Waals surface area contributed by atoms with Crippen molar-refractivity contribution >= 4 is 5.97 Å². The number of benzene rings is 1. The van der Waals surface area contributed by atoms with Crippen LogP contribution in [0.5, 0.6) is 6.01 Å². The molecular weight excluding hydrogens is 322 g/mol. The summed E-state index contributed by atoms with van der Waals surface area (Å²) in [6.07, 6.45) is 1.19. The molecule has 2 aromatic heterocycles. The lowest BCUT2D eigenvalue weighted by atomic mass is 10.0. The molecule has 0 aliphatic carbocycles. The SMILES string of the molecule is N#Cc1ccc(CC2OC(=O)c3c(-c4ccco4)nc(O)nc32)cc1. The number of carbonyl (C=O) groups excluding carboxylic acids is 1. The van der Waals surface area contributed by atoms with Crippen molar-refractivity contribution in [2.75, 3.05) is 0 Å². The van der Waals surface area contributed by atoms with E-state index in [1.54, 1.807) is 36.4 Å². The normalized spacial score (nSPS) is 15.5. The van der Waals surface area contributed by atoms with Gasteiger partial charge in [0, 0.05) is 6.42 Å². The van der Waals surface area contributed by atoms with Crippen LogP contribution < -0.4 is 0 Å². The molecule has 122 valence electrons. The lowest BCUT2D eigenvalue weighted by molar-refractivity contribution is 0.0382. The maximum atomic E-state index is 12.3. The predicted octanol–water partition coefficient (Wildman–Crippen LogP) is 2.77. The van der Waals surface area contributed by atoms with Gasteiger partial charge < -0.3 is 14.3 Å². The van der Waals surface area contributed by atoms with Gasteiger partial charge in [0.05, 0.1) is 17.9 Å². The molecule has 3 aromatic rings. The average molecular weight is 333 g/mol. The first-order valence-corrected chi connectivity index (χ1v) is 7.50. The highest BCUT2D eigenvalue weighted by atomic mass is 16.5. The third-order valence-corrected chi connectivity index (χ3v) is 3.94. The Bertz CT molecular complexity index is 988. The molecule has 1 unspecified atom stereocenters. The molecule has 4 rings (SSSR count). The van der Waals surface area contributed by atoms with Gasteiger partial charge >= 0.3 is 12.0 Å². The summed E-state index contributed by atoms with van der Waals surface area (Å²) in [7, 11) is 0. The number of hydrogen-bond acceptors (Lipinski definition) is 7. The van der Waals surface area contributed by atoms with Crippen molar-refractivity contribution in [3.63, 3.8) is 0 Å². The van der Waals surface area contributed by atoms with Crippen molar-refractivity contribution in [1.29, 1.82) is 5.26 Å². The van der Waals surface area contributed by atoms with Crippen LogP contribution >= 0.6 is 0 Å². The Morgan fingerprint density at radius 1 is 1.20 bits per heavy atom.